The van der Waals surface area contributed by atoms with Crippen LogP contribution < -0.4 is 20.9 Å². The second kappa shape index (κ2) is 7.06. The summed E-state index contributed by atoms with van der Waals surface area (Å²) >= 11 is 0. The molecule has 0 spiro atoms. The molecule has 0 radical (unpaired) electrons. The largest absolute Gasteiger partial charge is 0.496 e. The van der Waals surface area contributed by atoms with Crippen LogP contribution in [0.4, 0.5) is 8.78 Å². The SMILES string of the molecule is COc1cc(F)cc(F)c1C1=CC(C)Oc2ccc(C(=O)N=C(N)N)cc21. The van der Waals surface area contributed by atoms with Gasteiger partial charge in [0.05, 0.1) is 12.7 Å². The molecule has 0 aliphatic carbocycles. The van der Waals surface area contributed by atoms with Gasteiger partial charge in [0.1, 0.15) is 29.2 Å². The van der Waals surface area contributed by atoms with Crippen LogP contribution in [-0.4, -0.2) is 25.1 Å². The second-order valence-electron chi connectivity index (χ2n) is 5.92. The lowest BCUT2D eigenvalue weighted by Crippen LogP contribution is -2.24. The number of methoxy groups -OCH3 is 1. The van der Waals surface area contributed by atoms with Gasteiger partial charge >= 0.3 is 0 Å². The average molecular weight is 373 g/mol. The fraction of sp³-hybridized carbons (Fsp3) is 0.158. The molecule has 8 heteroatoms. The van der Waals surface area contributed by atoms with Crippen LogP contribution in [0.5, 0.6) is 11.5 Å². The Bertz CT molecular complexity index is 982. The van der Waals surface area contributed by atoms with Gasteiger partial charge < -0.3 is 20.9 Å². The number of carbonyl (C=O) groups excluding carboxylic acids is 1. The molecule has 27 heavy (non-hydrogen) atoms. The highest BCUT2D eigenvalue weighted by atomic mass is 19.1. The van der Waals surface area contributed by atoms with Crippen LogP contribution in [0, 0.1) is 11.6 Å². The van der Waals surface area contributed by atoms with E-state index in [0.717, 1.165) is 12.1 Å². The van der Waals surface area contributed by atoms with Gasteiger partial charge in [-0.1, -0.05) is 0 Å². The van der Waals surface area contributed by atoms with E-state index in [4.69, 9.17) is 20.9 Å². The summed E-state index contributed by atoms with van der Waals surface area (Å²) < 4.78 is 39.1. The third-order valence-corrected chi connectivity index (χ3v) is 3.97. The predicted molar refractivity (Wildman–Crippen MR) is 96.7 cm³/mol. The Hall–Kier alpha value is -3.42. The number of amides is 1. The Morgan fingerprint density at radius 2 is 1.96 bits per heavy atom. The second-order valence-corrected chi connectivity index (χ2v) is 5.92. The molecule has 3 rings (SSSR count). The summed E-state index contributed by atoms with van der Waals surface area (Å²) in [6, 6.07) is 6.42. The van der Waals surface area contributed by atoms with Gasteiger partial charge in [-0.15, -0.1) is 0 Å². The molecule has 6 nitrogen and oxygen atoms in total. The molecule has 0 bridgehead atoms. The minimum atomic E-state index is -0.792. The van der Waals surface area contributed by atoms with E-state index in [0.29, 0.717) is 16.9 Å². The number of fused-ring (bicyclic) bond motifs is 1. The molecule has 1 aliphatic heterocycles. The number of guanidine groups is 1. The van der Waals surface area contributed by atoms with E-state index in [1.807, 2.05) is 0 Å². The van der Waals surface area contributed by atoms with Crippen LogP contribution in [0.2, 0.25) is 0 Å². The summed E-state index contributed by atoms with van der Waals surface area (Å²) in [7, 11) is 1.32. The van der Waals surface area contributed by atoms with Gasteiger partial charge in [-0.2, -0.15) is 4.99 Å². The van der Waals surface area contributed by atoms with Crippen molar-refractivity contribution in [2.45, 2.75) is 13.0 Å². The van der Waals surface area contributed by atoms with Crippen molar-refractivity contribution in [2.24, 2.45) is 16.5 Å². The van der Waals surface area contributed by atoms with Crippen molar-refractivity contribution >= 4 is 17.4 Å². The van der Waals surface area contributed by atoms with Gasteiger partial charge in [0.2, 0.25) is 0 Å². The number of nitrogens with zero attached hydrogens (tertiary/aromatic N) is 1. The first-order valence-corrected chi connectivity index (χ1v) is 8.00. The van der Waals surface area contributed by atoms with E-state index in [1.165, 1.54) is 19.2 Å². The molecule has 2 aromatic rings. The van der Waals surface area contributed by atoms with Crippen molar-refractivity contribution in [1.29, 1.82) is 0 Å². The molecule has 0 saturated heterocycles. The minimum Gasteiger partial charge on any atom is -0.496 e. The van der Waals surface area contributed by atoms with Crippen LogP contribution in [0.1, 0.15) is 28.4 Å². The first-order valence-electron chi connectivity index (χ1n) is 8.00. The first kappa shape index (κ1) is 18.4. The van der Waals surface area contributed by atoms with Crippen LogP contribution in [0.15, 0.2) is 41.4 Å². The summed E-state index contributed by atoms with van der Waals surface area (Å²) in [4.78, 5) is 15.6. The average Bonchev–Trinajstić information content (AvgIpc) is 2.59. The highest BCUT2D eigenvalue weighted by Crippen LogP contribution is 2.41. The molecule has 1 heterocycles. The lowest BCUT2D eigenvalue weighted by atomic mass is 9.91. The van der Waals surface area contributed by atoms with Crippen LogP contribution >= 0.6 is 0 Å². The summed E-state index contributed by atoms with van der Waals surface area (Å²) in [6.45, 7) is 1.77. The third kappa shape index (κ3) is 3.59. The maximum Gasteiger partial charge on any atom is 0.280 e. The molecule has 1 atom stereocenters. The zero-order valence-corrected chi connectivity index (χ0v) is 14.6. The van der Waals surface area contributed by atoms with Crippen molar-refractivity contribution < 1.29 is 23.0 Å². The van der Waals surface area contributed by atoms with Gasteiger partial charge in [0.15, 0.2) is 5.96 Å². The van der Waals surface area contributed by atoms with Gasteiger partial charge in [0.25, 0.3) is 5.91 Å². The van der Waals surface area contributed by atoms with Gasteiger partial charge in [-0.25, -0.2) is 8.78 Å². The zero-order valence-electron chi connectivity index (χ0n) is 14.6. The van der Waals surface area contributed by atoms with Crippen molar-refractivity contribution in [3.05, 3.63) is 64.7 Å². The number of rotatable bonds is 3. The molecule has 0 saturated carbocycles. The van der Waals surface area contributed by atoms with Gasteiger partial charge in [-0.05, 0) is 36.8 Å². The number of hydrogen-bond donors (Lipinski definition) is 2. The molecule has 1 amide bonds. The number of hydrogen-bond acceptors (Lipinski definition) is 3. The summed E-state index contributed by atoms with van der Waals surface area (Å²) in [5, 5.41) is 0. The Balaban J connectivity index is 2.20. The van der Waals surface area contributed by atoms with Crippen molar-refractivity contribution in [3.8, 4) is 11.5 Å². The number of halogens is 2. The molecule has 140 valence electrons. The summed E-state index contributed by atoms with van der Waals surface area (Å²) in [5.41, 5.74) is 11.6. The van der Waals surface area contributed by atoms with Crippen molar-refractivity contribution in [2.75, 3.05) is 7.11 Å². The molecular weight excluding hydrogens is 356 g/mol. The van der Waals surface area contributed by atoms with Crippen LogP contribution in [0.25, 0.3) is 5.57 Å². The number of benzene rings is 2. The standard InChI is InChI=1S/C19H17F2N3O3/c1-9-5-13(17-14(21)7-11(20)8-16(17)26-2)12-6-10(3-4-15(12)27-9)18(25)24-19(22)23/h3-9H,1-2H3,(H4,22,23,24,25). The Labute approximate surface area is 154 Å². The fourth-order valence-electron chi connectivity index (χ4n) is 2.91. The molecule has 0 aromatic heterocycles. The van der Waals surface area contributed by atoms with E-state index in [2.05, 4.69) is 4.99 Å². The maximum atomic E-state index is 14.6. The van der Waals surface area contributed by atoms with E-state index >= 15 is 0 Å². The lowest BCUT2D eigenvalue weighted by molar-refractivity contribution is 0.100. The number of nitrogens with two attached hydrogens (primary N) is 2. The number of aliphatic imine (C=N–C) groups is 1. The first-order chi connectivity index (χ1) is 12.8. The summed E-state index contributed by atoms with van der Waals surface area (Å²) in [6.07, 6.45) is 1.29. The van der Waals surface area contributed by atoms with Crippen LogP contribution in [0.3, 0.4) is 0 Å². The Kier molecular flexibility index (Phi) is 4.81. The normalized spacial score (nSPS) is 15.3. The molecule has 1 unspecified atom stereocenters. The van der Waals surface area contributed by atoms with Gasteiger partial charge in [0, 0.05) is 23.3 Å². The molecular formula is C19H17F2N3O3. The topological polar surface area (TPSA) is 99.9 Å². The van der Waals surface area contributed by atoms with E-state index in [9.17, 15) is 13.6 Å². The summed E-state index contributed by atoms with van der Waals surface area (Å²) in [5.74, 6) is -2.11. The van der Waals surface area contributed by atoms with E-state index in [1.54, 1.807) is 19.1 Å². The smallest absolute Gasteiger partial charge is 0.280 e. The van der Waals surface area contributed by atoms with Crippen molar-refractivity contribution in [1.82, 2.24) is 0 Å². The predicted octanol–water partition coefficient (Wildman–Crippen LogP) is 2.60. The molecule has 0 fully saturated rings. The van der Waals surface area contributed by atoms with E-state index in [-0.39, 0.29) is 28.9 Å². The Morgan fingerprint density at radius 1 is 1.22 bits per heavy atom. The third-order valence-electron chi connectivity index (χ3n) is 3.97. The van der Waals surface area contributed by atoms with Gasteiger partial charge in [-0.3, -0.25) is 4.79 Å². The van der Waals surface area contributed by atoms with Crippen LogP contribution in [-0.2, 0) is 0 Å². The maximum absolute atomic E-state index is 14.6. The highest BCUT2D eigenvalue weighted by Gasteiger charge is 2.26. The highest BCUT2D eigenvalue weighted by molar-refractivity contribution is 6.03. The number of ether oxygens (including phenoxy) is 2. The monoisotopic (exact) mass is 373 g/mol. The lowest BCUT2D eigenvalue weighted by Gasteiger charge is -2.25. The molecule has 1 aliphatic rings. The number of carbonyl (C=O) groups is 1. The van der Waals surface area contributed by atoms with Crippen molar-refractivity contribution in [3.63, 3.8) is 0 Å². The molecule has 4 N–H and O–H groups in total. The van der Waals surface area contributed by atoms with E-state index < -0.39 is 17.5 Å². The quantitative estimate of drug-likeness (QED) is 0.636. The Morgan fingerprint density at radius 3 is 2.63 bits per heavy atom. The zero-order chi connectivity index (χ0) is 19.7. The molecule has 2 aromatic carbocycles. The minimum absolute atomic E-state index is 0.0275. The fourth-order valence-corrected chi connectivity index (χ4v) is 2.91.